The molecule has 0 aliphatic heterocycles. The minimum absolute atomic E-state index is 0.0866. The molecule has 0 aromatic rings. The zero-order chi connectivity index (χ0) is 24.7. The van der Waals surface area contributed by atoms with Gasteiger partial charge in [0.15, 0.2) is 0 Å². The zero-order valence-corrected chi connectivity index (χ0v) is 20.5. The van der Waals surface area contributed by atoms with Crippen molar-refractivity contribution in [2.24, 2.45) is 11.7 Å². The average molecular weight is 457 g/mol. The summed E-state index contributed by atoms with van der Waals surface area (Å²) < 4.78 is 0. The van der Waals surface area contributed by atoms with Crippen molar-refractivity contribution in [3.63, 3.8) is 0 Å². The normalized spacial score (nSPS) is 13.0. The highest BCUT2D eigenvalue weighted by atomic mass is 16.2. The van der Waals surface area contributed by atoms with Crippen molar-refractivity contribution < 1.29 is 19.2 Å². The molecule has 0 fully saturated rings. The van der Waals surface area contributed by atoms with Crippen molar-refractivity contribution in [2.75, 3.05) is 13.1 Å². The molecule has 7 N–H and O–H groups in total. The number of primary amides is 1. The van der Waals surface area contributed by atoms with Gasteiger partial charge in [0.2, 0.25) is 17.7 Å². The predicted molar refractivity (Wildman–Crippen MR) is 126 cm³/mol. The molecule has 0 aliphatic carbocycles. The quantitative estimate of drug-likeness (QED) is 0.189. The number of hydrogen-bond donors (Lipinski definition) is 6. The maximum absolute atomic E-state index is 12.9. The standard InChI is InChI=1S/C22H44N6O4/c1-14(2)19(28-18(29)11-7-8-12-24-15(3)4)21(31)27-17(20(30)26-16(5)6)10-9-13-25-22(23)32/h14-17,19,24H,7-13H2,1-6H3,(H,26,30)(H,27,31)(H,28,29)(H3,23,25,32)/t17-,19?/m0/s1. The van der Waals surface area contributed by atoms with E-state index in [1.807, 2.05) is 27.7 Å². The fraction of sp³-hybridized carbons (Fsp3) is 0.818. The SMILES string of the molecule is CC(C)NCCCCC(=O)NC(C(=O)N[C@@H](CCCNC(N)=O)C(=O)NC(C)C)C(C)C. The first-order chi connectivity index (χ1) is 14.9. The highest BCUT2D eigenvalue weighted by molar-refractivity contribution is 5.92. The molecule has 0 spiro atoms. The molecule has 2 atom stereocenters. The van der Waals surface area contributed by atoms with Crippen molar-refractivity contribution >= 4 is 23.8 Å². The molecule has 0 bridgehead atoms. The van der Waals surface area contributed by atoms with Gasteiger partial charge in [-0.25, -0.2) is 4.79 Å². The zero-order valence-electron chi connectivity index (χ0n) is 20.5. The number of unbranched alkanes of at least 4 members (excludes halogenated alkanes) is 1. The first kappa shape index (κ1) is 29.6. The van der Waals surface area contributed by atoms with Gasteiger partial charge in [-0.1, -0.05) is 27.7 Å². The summed E-state index contributed by atoms with van der Waals surface area (Å²) in [6.45, 7) is 12.6. The van der Waals surface area contributed by atoms with Gasteiger partial charge in [-0.3, -0.25) is 14.4 Å². The highest BCUT2D eigenvalue weighted by Gasteiger charge is 2.28. The van der Waals surface area contributed by atoms with Gasteiger partial charge < -0.3 is 32.3 Å². The lowest BCUT2D eigenvalue weighted by atomic mass is 10.0. The smallest absolute Gasteiger partial charge is 0.312 e. The monoisotopic (exact) mass is 456 g/mol. The molecular weight excluding hydrogens is 412 g/mol. The third-order valence-corrected chi connectivity index (χ3v) is 4.68. The van der Waals surface area contributed by atoms with Crippen LogP contribution in [0.15, 0.2) is 0 Å². The van der Waals surface area contributed by atoms with Gasteiger partial charge in [0.05, 0.1) is 0 Å². The number of carbonyl (C=O) groups excluding carboxylic acids is 4. The van der Waals surface area contributed by atoms with Gasteiger partial charge in [0.25, 0.3) is 0 Å². The second kappa shape index (κ2) is 16.3. The van der Waals surface area contributed by atoms with Gasteiger partial charge in [0.1, 0.15) is 12.1 Å². The Balaban J connectivity index is 4.86. The second-order valence-corrected chi connectivity index (χ2v) is 9.01. The van der Waals surface area contributed by atoms with Gasteiger partial charge in [0, 0.05) is 25.0 Å². The van der Waals surface area contributed by atoms with Gasteiger partial charge in [-0.2, -0.15) is 0 Å². The van der Waals surface area contributed by atoms with Crippen molar-refractivity contribution in [3.8, 4) is 0 Å². The molecule has 0 saturated carbocycles. The van der Waals surface area contributed by atoms with Crippen molar-refractivity contribution in [3.05, 3.63) is 0 Å². The molecule has 1 unspecified atom stereocenters. The molecule has 0 aromatic carbocycles. The lowest BCUT2D eigenvalue weighted by Crippen LogP contribution is -2.56. The number of rotatable bonds is 16. The molecule has 0 radical (unpaired) electrons. The summed E-state index contributed by atoms with van der Waals surface area (Å²) in [6.07, 6.45) is 2.73. The second-order valence-electron chi connectivity index (χ2n) is 9.01. The summed E-state index contributed by atoms with van der Waals surface area (Å²) >= 11 is 0. The number of nitrogens with one attached hydrogen (secondary N) is 5. The number of carbonyl (C=O) groups is 4. The minimum Gasteiger partial charge on any atom is -0.352 e. The van der Waals surface area contributed by atoms with Crippen molar-refractivity contribution in [1.82, 2.24) is 26.6 Å². The Morgan fingerprint density at radius 1 is 0.750 bits per heavy atom. The fourth-order valence-corrected chi connectivity index (χ4v) is 3.02. The Labute approximate surface area is 192 Å². The number of hydrogen-bond acceptors (Lipinski definition) is 5. The number of urea groups is 1. The van der Waals surface area contributed by atoms with Crippen LogP contribution in [-0.2, 0) is 14.4 Å². The van der Waals surface area contributed by atoms with E-state index >= 15 is 0 Å². The fourth-order valence-electron chi connectivity index (χ4n) is 3.02. The topological polar surface area (TPSA) is 154 Å². The summed E-state index contributed by atoms with van der Waals surface area (Å²) in [5, 5.41) is 14.1. The number of nitrogens with two attached hydrogens (primary N) is 1. The minimum atomic E-state index is -0.778. The molecule has 10 heteroatoms. The Bertz CT molecular complexity index is 595. The van der Waals surface area contributed by atoms with E-state index in [1.54, 1.807) is 0 Å². The molecular formula is C22H44N6O4. The van der Waals surface area contributed by atoms with Crippen LogP contribution in [0.4, 0.5) is 4.79 Å². The van der Waals surface area contributed by atoms with Crippen LogP contribution < -0.4 is 32.3 Å². The third-order valence-electron chi connectivity index (χ3n) is 4.68. The lowest BCUT2D eigenvalue weighted by molar-refractivity contribution is -0.133. The van der Waals surface area contributed by atoms with E-state index < -0.39 is 24.0 Å². The molecule has 0 saturated heterocycles. The van der Waals surface area contributed by atoms with Crippen LogP contribution in [-0.4, -0.2) is 61.0 Å². The van der Waals surface area contributed by atoms with E-state index in [9.17, 15) is 19.2 Å². The summed E-state index contributed by atoms with van der Waals surface area (Å²) in [7, 11) is 0. The van der Waals surface area contributed by atoms with Crippen LogP contribution in [0.5, 0.6) is 0 Å². The third kappa shape index (κ3) is 14.6. The molecule has 5 amide bonds. The Kier molecular flexibility index (Phi) is 15.1. The molecule has 0 rings (SSSR count). The Morgan fingerprint density at radius 2 is 1.41 bits per heavy atom. The molecule has 10 nitrogen and oxygen atoms in total. The Morgan fingerprint density at radius 3 is 1.94 bits per heavy atom. The van der Waals surface area contributed by atoms with E-state index in [0.717, 1.165) is 19.4 Å². The first-order valence-corrected chi connectivity index (χ1v) is 11.6. The molecule has 32 heavy (non-hydrogen) atoms. The van der Waals surface area contributed by atoms with E-state index in [0.29, 0.717) is 31.8 Å². The molecule has 186 valence electrons. The number of amides is 5. The maximum Gasteiger partial charge on any atom is 0.312 e. The average Bonchev–Trinajstić information content (AvgIpc) is 2.66. The predicted octanol–water partition coefficient (Wildman–Crippen LogP) is 0.753. The van der Waals surface area contributed by atoms with E-state index in [2.05, 4.69) is 40.4 Å². The largest absolute Gasteiger partial charge is 0.352 e. The van der Waals surface area contributed by atoms with Gasteiger partial charge in [-0.05, 0) is 52.0 Å². The van der Waals surface area contributed by atoms with Gasteiger partial charge in [-0.15, -0.1) is 0 Å². The highest BCUT2D eigenvalue weighted by Crippen LogP contribution is 2.06. The summed E-state index contributed by atoms with van der Waals surface area (Å²) in [6, 6.07) is -1.84. The van der Waals surface area contributed by atoms with Crippen LogP contribution in [0.3, 0.4) is 0 Å². The van der Waals surface area contributed by atoms with Crippen molar-refractivity contribution in [2.45, 2.75) is 97.8 Å². The first-order valence-electron chi connectivity index (χ1n) is 11.6. The van der Waals surface area contributed by atoms with E-state index in [1.165, 1.54) is 0 Å². The lowest BCUT2D eigenvalue weighted by Gasteiger charge is -2.26. The molecule has 0 aliphatic rings. The van der Waals surface area contributed by atoms with Crippen LogP contribution in [0.2, 0.25) is 0 Å². The van der Waals surface area contributed by atoms with Crippen LogP contribution in [0, 0.1) is 5.92 Å². The van der Waals surface area contributed by atoms with E-state index in [-0.39, 0.29) is 23.8 Å². The van der Waals surface area contributed by atoms with Gasteiger partial charge >= 0.3 is 6.03 Å². The van der Waals surface area contributed by atoms with E-state index in [4.69, 9.17) is 5.73 Å². The van der Waals surface area contributed by atoms with Crippen molar-refractivity contribution in [1.29, 1.82) is 0 Å². The molecule has 0 aromatic heterocycles. The summed E-state index contributed by atoms with van der Waals surface area (Å²) in [4.78, 5) is 48.6. The summed E-state index contributed by atoms with van der Waals surface area (Å²) in [5.74, 6) is -1.04. The Hall–Kier alpha value is -2.36. The van der Waals surface area contributed by atoms with Crippen LogP contribution in [0.25, 0.3) is 0 Å². The maximum atomic E-state index is 12.9. The van der Waals surface area contributed by atoms with Crippen LogP contribution in [0.1, 0.15) is 73.6 Å². The summed E-state index contributed by atoms with van der Waals surface area (Å²) in [5.41, 5.74) is 5.06. The molecule has 0 heterocycles. The van der Waals surface area contributed by atoms with Crippen LogP contribution >= 0.6 is 0 Å².